The van der Waals surface area contributed by atoms with Gasteiger partial charge >= 0.3 is 6.18 Å². The fourth-order valence-electron chi connectivity index (χ4n) is 3.74. The van der Waals surface area contributed by atoms with Gasteiger partial charge in [-0.15, -0.1) is 12.4 Å². The Morgan fingerprint density at radius 2 is 1.55 bits per heavy atom. The molecule has 29 heavy (non-hydrogen) atoms. The second-order valence-corrected chi connectivity index (χ2v) is 9.92. The SMILES string of the molecule is CC(C)(C)c1cc([C@H](CCC(F)(F)F)N2CCNCC2)c(O)c(C(C)(C)C)c1.Cl. The molecule has 0 saturated carbocycles. The van der Waals surface area contributed by atoms with Crippen molar-refractivity contribution in [3.05, 3.63) is 28.8 Å². The number of phenols is 1. The zero-order chi connectivity index (χ0) is 21.3. The quantitative estimate of drug-likeness (QED) is 0.635. The molecule has 1 aromatic rings. The molecule has 7 heteroatoms. The molecule has 2 N–H and O–H groups in total. The highest BCUT2D eigenvalue weighted by molar-refractivity contribution is 5.85. The average Bonchev–Trinajstić information content (AvgIpc) is 2.54. The van der Waals surface area contributed by atoms with Crippen molar-refractivity contribution in [2.45, 2.75) is 77.4 Å². The Labute approximate surface area is 179 Å². The van der Waals surface area contributed by atoms with Crippen molar-refractivity contribution in [3.8, 4) is 5.75 Å². The summed E-state index contributed by atoms with van der Waals surface area (Å²) in [5, 5.41) is 14.4. The van der Waals surface area contributed by atoms with Gasteiger partial charge in [0.15, 0.2) is 0 Å². The van der Waals surface area contributed by atoms with Crippen LogP contribution in [0.15, 0.2) is 12.1 Å². The van der Waals surface area contributed by atoms with Crippen molar-refractivity contribution in [2.75, 3.05) is 26.2 Å². The highest BCUT2D eigenvalue weighted by atomic mass is 35.5. The van der Waals surface area contributed by atoms with E-state index in [1.807, 2.05) is 32.9 Å². The summed E-state index contributed by atoms with van der Waals surface area (Å²) >= 11 is 0. The molecular formula is C22H36ClF3N2O. The molecule has 0 aliphatic carbocycles. The number of benzene rings is 1. The van der Waals surface area contributed by atoms with Gasteiger partial charge in [0.2, 0.25) is 0 Å². The Hall–Kier alpha value is -0.980. The maximum absolute atomic E-state index is 13.0. The minimum absolute atomic E-state index is 0. The predicted molar refractivity (Wildman–Crippen MR) is 115 cm³/mol. The van der Waals surface area contributed by atoms with E-state index in [1.165, 1.54) is 0 Å². The second kappa shape index (κ2) is 9.44. The predicted octanol–water partition coefficient (Wildman–Crippen LogP) is 5.70. The minimum atomic E-state index is -4.21. The van der Waals surface area contributed by atoms with Crippen LogP contribution in [0, 0.1) is 0 Å². The van der Waals surface area contributed by atoms with Crippen LogP contribution < -0.4 is 5.32 Å². The van der Waals surface area contributed by atoms with Gasteiger partial charge in [0, 0.05) is 44.2 Å². The van der Waals surface area contributed by atoms with Crippen LogP contribution in [0.5, 0.6) is 5.75 Å². The molecule has 0 bridgehead atoms. The van der Waals surface area contributed by atoms with E-state index in [2.05, 4.69) is 31.0 Å². The van der Waals surface area contributed by atoms with E-state index >= 15 is 0 Å². The van der Waals surface area contributed by atoms with Crippen LogP contribution in [0.4, 0.5) is 13.2 Å². The summed E-state index contributed by atoms with van der Waals surface area (Å²) in [6.45, 7) is 15.2. The van der Waals surface area contributed by atoms with E-state index in [0.717, 1.165) is 24.2 Å². The molecule has 0 amide bonds. The highest BCUT2D eigenvalue weighted by Gasteiger charge is 2.34. The number of aromatic hydroxyl groups is 1. The van der Waals surface area contributed by atoms with Gasteiger partial charge in [-0.25, -0.2) is 0 Å². The summed E-state index contributed by atoms with van der Waals surface area (Å²) in [5.41, 5.74) is 1.99. The number of phenolic OH excluding ortho intramolecular Hbond substituents is 1. The van der Waals surface area contributed by atoms with Crippen molar-refractivity contribution >= 4 is 12.4 Å². The van der Waals surface area contributed by atoms with Gasteiger partial charge < -0.3 is 10.4 Å². The zero-order valence-corrected chi connectivity index (χ0v) is 19.2. The Bertz CT molecular complexity index is 672. The Kier molecular flexibility index (Phi) is 8.48. The van der Waals surface area contributed by atoms with Crippen LogP contribution in [0.25, 0.3) is 0 Å². The molecule has 1 atom stereocenters. The second-order valence-electron chi connectivity index (χ2n) is 9.92. The third-order valence-corrected chi connectivity index (χ3v) is 5.47. The first kappa shape index (κ1) is 26.1. The largest absolute Gasteiger partial charge is 0.507 e. The number of piperazine rings is 1. The first-order valence-electron chi connectivity index (χ1n) is 10.1. The van der Waals surface area contributed by atoms with Gasteiger partial charge in [0.05, 0.1) is 0 Å². The van der Waals surface area contributed by atoms with Crippen LogP contribution in [0.3, 0.4) is 0 Å². The van der Waals surface area contributed by atoms with Crippen LogP contribution in [-0.2, 0) is 10.8 Å². The fourth-order valence-corrected chi connectivity index (χ4v) is 3.74. The lowest BCUT2D eigenvalue weighted by atomic mass is 9.77. The van der Waals surface area contributed by atoms with Crippen LogP contribution >= 0.6 is 12.4 Å². The summed E-state index contributed by atoms with van der Waals surface area (Å²) in [5.74, 6) is 0.145. The summed E-state index contributed by atoms with van der Waals surface area (Å²) in [4.78, 5) is 2.08. The molecule has 1 aromatic carbocycles. The van der Waals surface area contributed by atoms with Gasteiger partial charge in [-0.05, 0) is 34.4 Å². The summed E-state index contributed by atoms with van der Waals surface area (Å²) in [6, 6.07) is 3.48. The molecule has 0 unspecified atom stereocenters. The van der Waals surface area contributed by atoms with Gasteiger partial charge in [0.25, 0.3) is 0 Å². The first-order chi connectivity index (χ1) is 12.7. The van der Waals surface area contributed by atoms with Crippen molar-refractivity contribution in [1.29, 1.82) is 0 Å². The van der Waals surface area contributed by atoms with E-state index in [-0.39, 0.29) is 35.4 Å². The van der Waals surface area contributed by atoms with Gasteiger partial charge in [-0.3, -0.25) is 4.90 Å². The average molecular weight is 437 g/mol. The third-order valence-electron chi connectivity index (χ3n) is 5.47. The van der Waals surface area contributed by atoms with E-state index in [9.17, 15) is 18.3 Å². The van der Waals surface area contributed by atoms with Crippen LogP contribution in [0.1, 0.15) is 77.1 Å². The number of alkyl halides is 3. The number of rotatable bonds is 4. The number of nitrogens with one attached hydrogen (secondary N) is 1. The summed E-state index contributed by atoms with van der Waals surface area (Å²) < 4.78 is 39.1. The number of hydrogen-bond donors (Lipinski definition) is 2. The molecule has 1 aliphatic heterocycles. The molecule has 0 radical (unpaired) electrons. The topological polar surface area (TPSA) is 35.5 Å². The summed E-state index contributed by atoms with van der Waals surface area (Å²) in [6.07, 6.45) is -5.11. The molecule has 0 spiro atoms. The Morgan fingerprint density at radius 3 is 2.00 bits per heavy atom. The number of hydrogen-bond acceptors (Lipinski definition) is 3. The van der Waals surface area contributed by atoms with Crippen molar-refractivity contribution in [3.63, 3.8) is 0 Å². The molecule has 168 valence electrons. The number of nitrogens with zero attached hydrogens (tertiary/aromatic N) is 1. The molecular weight excluding hydrogens is 401 g/mol. The van der Waals surface area contributed by atoms with E-state index in [0.29, 0.717) is 18.7 Å². The molecule has 2 rings (SSSR count). The number of halogens is 4. The highest BCUT2D eigenvalue weighted by Crippen LogP contribution is 2.43. The lowest BCUT2D eigenvalue weighted by Crippen LogP contribution is -2.45. The molecule has 1 fully saturated rings. The van der Waals surface area contributed by atoms with E-state index < -0.39 is 18.6 Å². The van der Waals surface area contributed by atoms with Crippen molar-refractivity contribution in [1.82, 2.24) is 10.2 Å². The summed E-state index contributed by atoms with van der Waals surface area (Å²) in [7, 11) is 0. The molecule has 1 saturated heterocycles. The van der Waals surface area contributed by atoms with Crippen LogP contribution in [0.2, 0.25) is 0 Å². The fraction of sp³-hybridized carbons (Fsp3) is 0.727. The zero-order valence-electron chi connectivity index (χ0n) is 18.4. The van der Waals surface area contributed by atoms with Crippen molar-refractivity contribution in [2.24, 2.45) is 0 Å². The minimum Gasteiger partial charge on any atom is -0.507 e. The normalized spacial score (nSPS) is 17.7. The Balaban J connectivity index is 0.00000420. The van der Waals surface area contributed by atoms with Gasteiger partial charge in [0.1, 0.15) is 5.75 Å². The third kappa shape index (κ3) is 7.04. The maximum Gasteiger partial charge on any atom is 0.389 e. The van der Waals surface area contributed by atoms with E-state index in [1.54, 1.807) is 0 Å². The maximum atomic E-state index is 13.0. The monoisotopic (exact) mass is 436 g/mol. The van der Waals surface area contributed by atoms with Crippen molar-refractivity contribution < 1.29 is 18.3 Å². The molecule has 1 aliphatic rings. The first-order valence-corrected chi connectivity index (χ1v) is 10.1. The lowest BCUT2D eigenvalue weighted by molar-refractivity contribution is -0.138. The smallest absolute Gasteiger partial charge is 0.389 e. The Morgan fingerprint density at radius 1 is 1.00 bits per heavy atom. The molecule has 0 aromatic heterocycles. The molecule has 3 nitrogen and oxygen atoms in total. The van der Waals surface area contributed by atoms with E-state index in [4.69, 9.17) is 0 Å². The van der Waals surface area contributed by atoms with Crippen LogP contribution in [-0.4, -0.2) is 42.4 Å². The lowest BCUT2D eigenvalue weighted by Gasteiger charge is -2.37. The molecule has 1 heterocycles. The van der Waals surface area contributed by atoms with Gasteiger partial charge in [-0.2, -0.15) is 13.2 Å². The van der Waals surface area contributed by atoms with Gasteiger partial charge in [-0.1, -0.05) is 47.6 Å². The standard InChI is InChI=1S/C22H35F3N2O.ClH/c1-20(2,3)15-13-16(19(28)17(14-15)21(4,5)6)18(7-8-22(23,24)25)27-11-9-26-10-12-27;/h13-14,18,26,28H,7-12H2,1-6H3;1H/t18-;/m0./s1.